The molecule has 0 aliphatic carbocycles. The Balaban J connectivity index is -0.000000963. The van der Waals surface area contributed by atoms with E-state index in [0.717, 1.165) is 19.3 Å². The zero-order valence-corrected chi connectivity index (χ0v) is 14.0. The van der Waals surface area contributed by atoms with Crippen molar-refractivity contribution in [2.24, 2.45) is 0 Å². The van der Waals surface area contributed by atoms with Crippen LogP contribution in [0, 0.1) is 0 Å². The van der Waals surface area contributed by atoms with Crippen molar-refractivity contribution in [1.29, 1.82) is 0 Å². The molecule has 0 heterocycles. The van der Waals surface area contributed by atoms with Gasteiger partial charge < -0.3 is 2.85 Å². The van der Waals surface area contributed by atoms with Gasteiger partial charge in [-0.2, -0.15) is 8.42 Å². The van der Waals surface area contributed by atoms with Crippen LogP contribution in [0.1, 0.15) is 41.9 Å². The van der Waals surface area contributed by atoms with Crippen LogP contribution in [0.15, 0.2) is 35.2 Å². The van der Waals surface area contributed by atoms with Crippen LogP contribution in [0.3, 0.4) is 0 Å². The van der Waals surface area contributed by atoms with Gasteiger partial charge in [-0.25, -0.2) is 0 Å². The fourth-order valence-electron chi connectivity index (χ4n) is 1.53. The molecular weight excluding hydrogens is 276 g/mol. The third-order valence-corrected chi connectivity index (χ3v) is 3.84. The average molecular weight is 298 g/mol. The topological polar surface area (TPSA) is 43.4 Å². The zero-order valence-electron chi connectivity index (χ0n) is 13.0. The van der Waals surface area contributed by atoms with Crippen LogP contribution < -0.4 is 0 Å². The van der Waals surface area contributed by atoms with Gasteiger partial charge in [0.25, 0.3) is 10.1 Å². The first-order valence-corrected chi connectivity index (χ1v) is 7.52. The molecule has 0 aromatic heterocycles. The minimum atomic E-state index is -3.55. The summed E-state index contributed by atoms with van der Waals surface area (Å²) in [6.07, 6.45) is 5.35. The fraction of sp³-hybridized carbons (Fsp3) is 0.538. The summed E-state index contributed by atoms with van der Waals surface area (Å²) >= 11 is 0. The Morgan fingerprint density at radius 2 is 1.67 bits per heavy atom. The molecule has 0 aliphatic rings. The van der Waals surface area contributed by atoms with Crippen molar-refractivity contribution in [3.63, 3.8) is 0 Å². The molecule has 0 unspecified atom stereocenters. The van der Waals surface area contributed by atoms with Gasteiger partial charge in [-0.15, -0.1) is 0 Å². The Labute approximate surface area is 143 Å². The summed E-state index contributed by atoms with van der Waals surface area (Å²) in [6, 6.07) is 8.26. The van der Waals surface area contributed by atoms with E-state index in [2.05, 4.69) is 6.92 Å². The third kappa shape index (κ3) is 7.10. The minimum absolute atomic E-state index is 0. The standard InChI is InChI=1S/C13H20O3S.Ca.2H/c1-2-3-4-5-9-12-16-17(14,15)13-10-7-6-8-11-13;;;/h6-8,10-11H,2-5,9,12H2,1H3;;;/q;+2;2*-1. The van der Waals surface area contributed by atoms with Crippen molar-refractivity contribution >= 4 is 47.9 Å². The predicted octanol–water partition coefficient (Wildman–Crippen LogP) is 3.21. The van der Waals surface area contributed by atoms with Gasteiger partial charge in [-0.05, 0) is 18.6 Å². The number of benzene rings is 1. The van der Waals surface area contributed by atoms with Crippen LogP contribution in [-0.4, -0.2) is 52.8 Å². The first-order valence-electron chi connectivity index (χ1n) is 6.11. The molecule has 100 valence electrons. The number of rotatable bonds is 8. The number of hydrogen-bond acceptors (Lipinski definition) is 3. The summed E-state index contributed by atoms with van der Waals surface area (Å²) < 4.78 is 28.4. The van der Waals surface area contributed by atoms with Gasteiger partial charge >= 0.3 is 37.7 Å². The van der Waals surface area contributed by atoms with E-state index in [4.69, 9.17) is 4.18 Å². The van der Waals surface area contributed by atoms with Crippen molar-refractivity contribution < 1.29 is 15.5 Å². The Kier molecular flexibility index (Phi) is 10.4. The molecule has 1 rings (SSSR count). The summed E-state index contributed by atoms with van der Waals surface area (Å²) in [5.74, 6) is 0. The molecule has 0 radical (unpaired) electrons. The maximum atomic E-state index is 11.7. The molecule has 0 N–H and O–H groups in total. The van der Waals surface area contributed by atoms with E-state index in [9.17, 15) is 8.42 Å². The van der Waals surface area contributed by atoms with Crippen molar-refractivity contribution in [3.8, 4) is 0 Å². The molecule has 0 bridgehead atoms. The van der Waals surface area contributed by atoms with E-state index in [1.165, 1.54) is 12.8 Å². The summed E-state index contributed by atoms with van der Waals surface area (Å²) in [4.78, 5) is 0.230. The Morgan fingerprint density at radius 1 is 1.06 bits per heavy atom. The molecule has 0 saturated heterocycles. The van der Waals surface area contributed by atoms with E-state index < -0.39 is 10.1 Å². The zero-order chi connectivity index (χ0) is 12.6. The minimum Gasteiger partial charge on any atom is -1.00 e. The van der Waals surface area contributed by atoms with Gasteiger partial charge in [0.2, 0.25) is 0 Å². The molecule has 1 aromatic rings. The van der Waals surface area contributed by atoms with Gasteiger partial charge in [-0.3, -0.25) is 4.18 Å². The fourth-order valence-corrected chi connectivity index (χ4v) is 2.49. The van der Waals surface area contributed by atoms with Crippen LogP contribution in [-0.2, 0) is 14.3 Å². The van der Waals surface area contributed by atoms with Crippen LogP contribution in [0.2, 0.25) is 0 Å². The van der Waals surface area contributed by atoms with Crippen molar-refractivity contribution in [2.45, 2.75) is 43.9 Å². The maximum Gasteiger partial charge on any atom is 2.00 e. The van der Waals surface area contributed by atoms with Crippen molar-refractivity contribution in [3.05, 3.63) is 30.3 Å². The first kappa shape index (κ1) is 18.4. The molecular formula is C13H22CaO3S. The van der Waals surface area contributed by atoms with Crippen LogP contribution >= 0.6 is 0 Å². The third-order valence-electron chi connectivity index (χ3n) is 2.52. The van der Waals surface area contributed by atoms with E-state index >= 15 is 0 Å². The number of unbranched alkanes of at least 4 members (excludes halogenated alkanes) is 4. The smallest absolute Gasteiger partial charge is 1.00 e. The maximum absolute atomic E-state index is 11.7. The molecule has 5 heteroatoms. The molecule has 3 nitrogen and oxygen atoms in total. The number of hydrogen-bond donors (Lipinski definition) is 0. The quantitative estimate of drug-likeness (QED) is 0.420. The molecule has 0 atom stereocenters. The second kappa shape index (κ2) is 10.2. The van der Waals surface area contributed by atoms with E-state index in [1.807, 2.05) is 0 Å². The van der Waals surface area contributed by atoms with Gasteiger partial charge in [-0.1, -0.05) is 50.8 Å². The Hall–Kier alpha value is 0.390. The van der Waals surface area contributed by atoms with Crippen LogP contribution in [0.5, 0.6) is 0 Å². The molecule has 18 heavy (non-hydrogen) atoms. The SMILES string of the molecule is CCCCCCCOS(=O)(=O)c1ccccc1.[Ca+2].[H-].[H-]. The molecule has 0 spiro atoms. The molecule has 1 aromatic carbocycles. The van der Waals surface area contributed by atoms with Gasteiger partial charge in [0.05, 0.1) is 11.5 Å². The van der Waals surface area contributed by atoms with Crippen molar-refractivity contribution in [1.82, 2.24) is 0 Å². The average Bonchev–Trinajstić information content (AvgIpc) is 2.35. The summed E-state index contributed by atoms with van der Waals surface area (Å²) in [5.41, 5.74) is 0. The van der Waals surface area contributed by atoms with Gasteiger partial charge in [0.1, 0.15) is 0 Å². The predicted molar refractivity (Wildman–Crippen MR) is 76.3 cm³/mol. The molecule has 0 saturated carbocycles. The van der Waals surface area contributed by atoms with Crippen LogP contribution in [0.25, 0.3) is 0 Å². The summed E-state index contributed by atoms with van der Waals surface area (Å²) in [7, 11) is -3.55. The monoisotopic (exact) mass is 298 g/mol. The summed E-state index contributed by atoms with van der Waals surface area (Å²) in [5, 5.41) is 0. The van der Waals surface area contributed by atoms with E-state index in [-0.39, 0.29) is 52.1 Å². The van der Waals surface area contributed by atoms with Crippen LogP contribution in [0.4, 0.5) is 0 Å². The summed E-state index contributed by atoms with van der Waals surface area (Å²) in [6.45, 7) is 2.43. The largest absolute Gasteiger partial charge is 2.00 e. The Bertz CT molecular complexity index is 413. The first-order chi connectivity index (χ1) is 8.17. The second-order valence-electron chi connectivity index (χ2n) is 4.00. The van der Waals surface area contributed by atoms with E-state index in [0.29, 0.717) is 0 Å². The molecule has 0 aliphatic heterocycles. The van der Waals surface area contributed by atoms with Crippen molar-refractivity contribution in [2.75, 3.05) is 6.61 Å². The van der Waals surface area contributed by atoms with Gasteiger partial charge in [0, 0.05) is 0 Å². The normalized spacial score (nSPS) is 10.9. The van der Waals surface area contributed by atoms with E-state index in [1.54, 1.807) is 30.3 Å². The second-order valence-corrected chi connectivity index (χ2v) is 5.62. The molecule has 0 fully saturated rings. The van der Waals surface area contributed by atoms with Gasteiger partial charge in [0.15, 0.2) is 0 Å². The molecule has 0 amide bonds. The Morgan fingerprint density at radius 3 is 2.28 bits per heavy atom.